The molecule has 2 atom stereocenters. The zero-order valence-corrected chi connectivity index (χ0v) is 16.3. The summed E-state index contributed by atoms with van der Waals surface area (Å²) in [4.78, 5) is 34.8. The summed E-state index contributed by atoms with van der Waals surface area (Å²) < 4.78 is 9.13. The number of amides is 1. The van der Waals surface area contributed by atoms with Crippen LogP contribution >= 0.6 is 0 Å². The largest absolute Gasteiger partial charge is 0.469 e. The number of unbranched alkanes of at least 4 members (excludes halogenated alkanes) is 5. The van der Waals surface area contributed by atoms with Gasteiger partial charge in [0.25, 0.3) is 0 Å². The molecular formula is C19H35NO5. The van der Waals surface area contributed by atoms with Crippen molar-refractivity contribution in [3.05, 3.63) is 0 Å². The normalized spacial score (nSPS) is 13.0. The van der Waals surface area contributed by atoms with Gasteiger partial charge >= 0.3 is 11.9 Å². The van der Waals surface area contributed by atoms with E-state index in [9.17, 15) is 14.4 Å². The fourth-order valence-corrected chi connectivity index (χ4v) is 2.54. The third kappa shape index (κ3) is 12.4. The number of nitrogens with one attached hydrogen (secondary N) is 1. The molecule has 1 N–H and O–H groups in total. The van der Waals surface area contributed by atoms with Crippen LogP contribution in [0.25, 0.3) is 0 Å². The zero-order valence-electron chi connectivity index (χ0n) is 16.3. The number of carbonyl (C=O) groups excluding carboxylic acids is 3. The molecule has 0 rings (SSSR count). The predicted octanol–water partition coefficient (Wildman–Crippen LogP) is 3.37. The fraction of sp³-hybridized carbons (Fsp3) is 0.842. The van der Waals surface area contributed by atoms with Crippen LogP contribution in [0.5, 0.6) is 0 Å². The lowest BCUT2D eigenvalue weighted by Crippen LogP contribution is -2.43. The van der Waals surface area contributed by atoms with Gasteiger partial charge in [-0.1, -0.05) is 58.8 Å². The second kappa shape index (κ2) is 14.7. The van der Waals surface area contributed by atoms with Gasteiger partial charge in [0.1, 0.15) is 6.04 Å². The molecule has 146 valence electrons. The molecule has 0 spiro atoms. The first-order valence-electron chi connectivity index (χ1n) is 9.38. The summed E-state index contributed by atoms with van der Waals surface area (Å²) in [5, 5.41) is 2.55. The average Bonchev–Trinajstić information content (AvgIpc) is 2.61. The minimum absolute atomic E-state index is 0.217. The summed E-state index contributed by atoms with van der Waals surface area (Å²) in [5.41, 5.74) is 0. The SMILES string of the molecule is CCC(C)CCCCCCCCC(=O)NC(CC(=O)OC)C(=O)OC. The molecule has 0 aliphatic heterocycles. The first kappa shape index (κ1) is 23.4. The van der Waals surface area contributed by atoms with E-state index in [2.05, 4.69) is 28.6 Å². The third-order valence-corrected chi connectivity index (χ3v) is 4.47. The van der Waals surface area contributed by atoms with Crippen molar-refractivity contribution in [2.45, 2.75) is 84.1 Å². The lowest BCUT2D eigenvalue weighted by molar-refractivity contribution is -0.150. The van der Waals surface area contributed by atoms with Crippen LogP contribution in [0.15, 0.2) is 0 Å². The van der Waals surface area contributed by atoms with Crippen LogP contribution in [0.4, 0.5) is 0 Å². The molecule has 0 heterocycles. The summed E-state index contributed by atoms with van der Waals surface area (Å²) in [6.07, 6.45) is 9.31. The smallest absolute Gasteiger partial charge is 0.328 e. The fourth-order valence-electron chi connectivity index (χ4n) is 2.54. The molecule has 0 aromatic carbocycles. The number of carbonyl (C=O) groups is 3. The molecule has 6 heteroatoms. The molecule has 1 amide bonds. The maximum atomic E-state index is 11.9. The van der Waals surface area contributed by atoms with Gasteiger partial charge in [-0.25, -0.2) is 4.79 Å². The number of hydrogen-bond acceptors (Lipinski definition) is 5. The van der Waals surface area contributed by atoms with Gasteiger partial charge in [0.15, 0.2) is 0 Å². The molecule has 0 aliphatic carbocycles. The molecule has 6 nitrogen and oxygen atoms in total. The van der Waals surface area contributed by atoms with Gasteiger partial charge in [-0.15, -0.1) is 0 Å². The molecule has 0 saturated carbocycles. The Bertz CT molecular complexity index is 397. The molecule has 0 aromatic rings. The third-order valence-electron chi connectivity index (χ3n) is 4.47. The van der Waals surface area contributed by atoms with E-state index in [0.717, 1.165) is 25.2 Å². The highest BCUT2D eigenvalue weighted by atomic mass is 16.5. The van der Waals surface area contributed by atoms with Gasteiger partial charge in [0.2, 0.25) is 5.91 Å². The van der Waals surface area contributed by atoms with Crippen LogP contribution in [-0.2, 0) is 23.9 Å². The second-order valence-electron chi connectivity index (χ2n) is 6.60. The summed E-state index contributed by atoms with van der Waals surface area (Å²) in [6.45, 7) is 4.52. The summed E-state index contributed by atoms with van der Waals surface area (Å²) in [6, 6.07) is -0.981. The highest BCUT2D eigenvalue weighted by Gasteiger charge is 2.24. The Labute approximate surface area is 152 Å². The van der Waals surface area contributed by atoms with Crippen LogP contribution in [0.1, 0.15) is 78.1 Å². The molecule has 0 aromatic heterocycles. The van der Waals surface area contributed by atoms with Gasteiger partial charge in [-0.3, -0.25) is 9.59 Å². The van der Waals surface area contributed by atoms with E-state index >= 15 is 0 Å². The Hall–Kier alpha value is -1.59. The van der Waals surface area contributed by atoms with Gasteiger partial charge in [-0.05, 0) is 12.3 Å². The molecule has 0 bridgehead atoms. The van der Waals surface area contributed by atoms with Crippen molar-refractivity contribution >= 4 is 17.8 Å². The highest BCUT2D eigenvalue weighted by Crippen LogP contribution is 2.14. The lowest BCUT2D eigenvalue weighted by atomic mass is 10.00. The van der Waals surface area contributed by atoms with Crippen LogP contribution in [0.2, 0.25) is 0 Å². The predicted molar refractivity (Wildman–Crippen MR) is 97.0 cm³/mol. The maximum absolute atomic E-state index is 11.9. The van der Waals surface area contributed by atoms with E-state index in [1.807, 2.05) is 0 Å². The van der Waals surface area contributed by atoms with E-state index in [1.165, 1.54) is 46.3 Å². The Morgan fingerprint density at radius 3 is 2.08 bits per heavy atom. The zero-order chi connectivity index (χ0) is 19.1. The summed E-state index contributed by atoms with van der Waals surface area (Å²) in [5.74, 6) is -0.624. The van der Waals surface area contributed by atoms with Gasteiger partial charge < -0.3 is 14.8 Å². The van der Waals surface area contributed by atoms with Crippen LogP contribution < -0.4 is 5.32 Å². The van der Waals surface area contributed by atoms with Crippen LogP contribution in [0.3, 0.4) is 0 Å². The molecule has 2 unspecified atom stereocenters. The highest BCUT2D eigenvalue weighted by molar-refractivity contribution is 5.87. The Balaban J connectivity index is 3.85. The lowest BCUT2D eigenvalue weighted by Gasteiger charge is -2.15. The summed E-state index contributed by atoms with van der Waals surface area (Å²) >= 11 is 0. The molecule has 0 radical (unpaired) electrons. The van der Waals surface area contributed by atoms with Crippen molar-refractivity contribution in [3.63, 3.8) is 0 Å². The Kier molecular flexibility index (Phi) is 13.8. The quantitative estimate of drug-likeness (QED) is 0.381. The number of methoxy groups -OCH3 is 2. The van der Waals surface area contributed by atoms with Crippen molar-refractivity contribution < 1.29 is 23.9 Å². The van der Waals surface area contributed by atoms with Gasteiger partial charge in [-0.2, -0.15) is 0 Å². The van der Waals surface area contributed by atoms with E-state index in [1.54, 1.807) is 0 Å². The average molecular weight is 357 g/mol. The molecular weight excluding hydrogens is 322 g/mol. The minimum atomic E-state index is -0.981. The second-order valence-corrected chi connectivity index (χ2v) is 6.60. The standard InChI is InChI=1S/C19H35NO5/c1-5-15(2)12-10-8-6-7-9-11-13-17(21)20-16(19(23)25-4)14-18(22)24-3/h15-16H,5-14H2,1-4H3,(H,20,21). The van der Waals surface area contributed by atoms with Crippen LogP contribution in [-0.4, -0.2) is 38.1 Å². The van der Waals surface area contributed by atoms with Gasteiger partial charge in [0, 0.05) is 6.42 Å². The Morgan fingerprint density at radius 2 is 1.52 bits per heavy atom. The van der Waals surface area contributed by atoms with E-state index in [-0.39, 0.29) is 12.3 Å². The Morgan fingerprint density at radius 1 is 0.920 bits per heavy atom. The number of hydrogen-bond donors (Lipinski definition) is 1. The van der Waals surface area contributed by atoms with Crippen molar-refractivity contribution in [2.75, 3.05) is 14.2 Å². The number of esters is 2. The van der Waals surface area contributed by atoms with Gasteiger partial charge in [0.05, 0.1) is 20.6 Å². The van der Waals surface area contributed by atoms with Crippen molar-refractivity contribution in [1.82, 2.24) is 5.32 Å². The first-order valence-corrected chi connectivity index (χ1v) is 9.38. The van der Waals surface area contributed by atoms with Crippen LogP contribution in [0, 0.1) is 5.92 Å². The van der Waals surface area contributed by atoms with Crippen molar-refractivity contribution in [3.8, 4) is 0 Å². The minimum Gasteiger partial charge on any atom is -0.469 e. The maximum Gasteiger partial charge on any atom is 0.328 e. The topological polar surface area (TPSA) is 81.7 Å². The van der Waals surface area contributed by atoms with Crippen molar-refractivity contribution in [1.29, 1.82) is 0 Å². The molecule has 0 aliphatic rings. The van der Waals surface area contributed by atoms with E-state index < -0.39 is 18.0 Å². The number of rotatable bonds is 14. The summed E-state index contributed by atoms with van der Waals surface area (Å²) in [7, 11) is 2.46. The number of ether oxygens (including phenoxy) is 2. The van der Waals surface area contributed by atoms with E-state index in [0.29, 0.717) is 6.42 Å². The molecule has 0 saturated heterocycles. The molecule has 0 fully saturated rings. The van der Waals surface area contributed by atoms with Crippen molar-refractivity contribution in [2.24, 2.45) is 5.92 Å². The van der Waals surface area contributed by atoms with E-state index in [4.69, 9.17) is 0 Å². The first-order chi connectivity index (χ1) is 11.9. The molecule has 25 heavy (non-hydrogen) atoms. The monoisotopic (exact) mass is 357 g/mol.